The molecule has 1 atom stereocenters. The number of nitrogens with one attached hydrogen (secondary N) is 3. The van der Waals surface area contributed by atoms with Crippen molar-refractivity contribution < 1.29 is 22.4 Å². The maximum Gasteiger partial charge on any atom is 0.319 e. The van der Waals surface area contributed by atoms with E-state index in [-0.39, 0.29) is 16.6 Å². The summed E-state index contributed by atoms with van der Waals surface area (Å²) in [6, 6.07) is 15.4. The lowest BCUT2D eigenvalue weighted by molar-refractivity contribution is -0.118. The number of rotatable bonds is 7. The van der Waals surface area contributed by atoms with Gasteiger partial charge >= 0.3 is 6.03 Å². The van der Waals surface area contributed by atoms with Gasteiger partial charge in [-0.15, -0.1) is 0 Å². The molecule has 1 aliphatic carbocycles. The smallest absolute Gasteiger partial charge is 0.319 e. The number of amides is 3. The third-order valence-corrected chi connectivity index (χ3v) is 7.38. The Labute approximate surface area is 225 Å². The highest BCUT2D eigenvalue weighted by Gasteiger charge is 2.37. The van der Waals surface area contributed by atoms with Crippen LogP contribution in [0, 0.1) is 5.82 Å². The van der Waals surface area contributed by atoms with E-state index >= 15 is 0 Å². The summed E-state index contributed by atoms with van der Waals surface area (Å²) in [6.07, 6.45) is 3.51. The molecule has 3 aromatic carbocycles. The molecule has 2 aliphatic rings. The van der Waals surface area contributed by atoms with Crippen LogP contribution in [0.3, 0.4) is 0 Å². The van der Waals surface area contributed by atoms with E-state index in [1.807, 2.05) is 30.3 Å². The number of halogens is 2. The van der Waals surface area contributed by atoms with E-state index in [1.54, 1.807) is 17.0 Å². The Balaban J connectivity index is 1.35. The Morgan fingerprint density at radius 3 is 2.50 bits per heavy atom. The van der Waals surface area contributed by atoms with Crippen molar-refractivity contribution in [3.05, 3.63) is 77.1 Å². The van der Waals surface area contributed by atoms with Crippen LogP contribution >= 0.6 is 11.6 Å². The van der Waals surface area contributed by atoms with Crippen LogP contribution in [0.5, 0.6) is 0 Å². The molecule has 0 aromatic heterocycles. The molecule has 2 fully saturated rings. The fourth-order valence-corrected chi connectivity index (χ4v) is 5.41. The van der Waals surface area contributed by atoms with Crippen molar-refractivity contribution in [3.63, 3.8) is 0 Å². The maximum absolute atomic E-state index is 14.0. The second-order valence-electron chi connectivity index (χ2n) is 9.52. The van der Waals surface area contributed by atoms with Crippen LogP contribution in [0.2, 0.25) is 5.02 Å². The quantitative estimate of drug-likeness (QED) is 0.366. The number of nitrogens with zero attached hydrogens (tertiary/aromatic N) is 1. The van der Waals surface area contributed by atoms with Gasteiger partial charge in [-0.05, 0) is 72.7 Å². The molecule has 0 bridgehead atoms. The second-order valence-corrected chi connectivity index (χ2v) is 11.7. The number of hydrogen-bond donors (Lipinski definition) is 3. The molecule has 11 heteroatoms. The molecule has 0 radical (unpaired) electrons. The largest absolute Gasteiger partial charge is 0.326 e. The molecular formula is C27H26ClFN4O4S. The van der Waals surface area contributed by atoms with E-state index < -0.39 is 27.9 Å². The summed E-state index contributed by atoms with van der Waals surface area (Å²) in [5.74, 6) is -0.615. The van der Waals surface area contributed by atoms with Gasteiger partial charge in [0.2, 0.25) is 15.9 Å². The molecular weight excluding hydrogens is 531 g/mol. The topological polar surface area (TPSA) is 108 Å². The van der Waals surface area contributed by atoms with Crippen LogP contribution in [0.4, 0.5) is 26.2 Å². The van der Waals surface area contributed by atoms with Crippen molar-refractivity contribution in [3.8, 4) is 11.1 Å². The summed E-state index contributed by atoms with van der Waals surface area (Å²) in [5.41, 5.74) is 3.82. The van der Waals surface area contributed by atoms with E-state index in [0.717, 1.165) is 47.5 Å². The molecule has 3 N–H and O–H groups in total. The first kappa shape index (κ1) is 26.0. The fourth-order valence-electron chi connectivity index (χ4n) is 4.67. The molecule has 0 spiro atoms. The zero-order chi connectivity index (χ0) is 27.0. The molecule has 1 saturated carbocycles. The minimum atomic E-state index is -3.46. The molecule has 1 heterocycles. The van der Waals surface area contributed by atoms with Gasteiger partial charge in [-0.25, -0.2) is 17.6 Å². The molecule has 0 unspecified atom stereocenters. The summed E-state index contributed by atoms with van der Waals surface area (Å²) in [6.45, 7) is 0.421. The van der Waals surface area contributed by atoms with E-state index in [4.69, 9.17) is 11.6 Å². The monoisotopic (exact) mass is 556 g/mol. The molecule has 5 rings (SSSR count). The normalized spacial score (nSPS) is 17.4. The van der Waals surface area contributed by atoms with Gasteiger partial charge < -0.3 is 15.5 Å². The average molecular weight is 557 g/mol. The highest BCUT2D eigenvalue weighted by molar-refractivity contribution is 7.92. The van der Waals surface area contributed by atoms with Gasteiger partial charge in [0.1, 0.15) is 11.9 Å². The molecule has 8 nitrogen and oxygen atoms in total. The van der Waals surface area contributed by atoms with Crippen molar-refractivity contribution in [1.29, 1.82) is 0 Å². The first-order chi connectivity index (χ1) is 18.1. The highest BCUT2D eigenvalue weighted by Crippen LogP contribution is 2.47. The zero-order valence-electron chi connectivity index (χ0n) is 20.5. The minimum absolute atomic E-state index is 0.0357. The predicted molar refractivity (Wildman–Crippen MR) is 147 cm³/mol. The number of benzene rings is 3. The standard InChI is InChI=1S/C27H26ClFN4O4S/c1-38(36,37)32-22-5-3-2-4-19(22)17-8-11-25(20(14-17)16-6-7-16)33-13-12-24(26(33)34)31-27(35)30-23-10-9-18(28)15-21(23)29/h2-5,8-11,14-16,24,32H,6-7,12-13H2,1H3,(H2,30,31,35)/t24-/m1/s1. The molecule has 1 aliphatic heterocycles. The zero-order valence-corrected chi connectivity index (χ0v) is 22.1. The van der Waals surface area contributed by atoms with Gasteiger partial charge in [-0.2, -0.15) is 0 Å². The first-order valence-corrected chi connectivity index (χ1v) is 14.4. The van der Waals surface area contributed by atoms with Crippen LogP contribution in [-0.4, -0.2) is 39.2 Å². The third-order valence-electron chi connectivity index (χ3n) is 6.56. The van der Waals surface area contributed by atoms with Gasteiger partial charge in [0, 0.05) is 22.8 Å². The van der Waals surface area contributed by atoms with Crippen LogP contribution in [0.1, 0.15) is 30.7 Å². The third kappa shape index (κ3) is 5.76. The van der Waals surface area contributed by atoms with E-state index in [2.05, 4.69) is 15.4 Å². The van der Waals surface area contributed by atoms with Gasteiger partial charge in [-0.3, -0.25) is 9.52 Å². The van der Waals surface area contributed by atoms with Crippen LogP contribution in [0.15, 0.2) is 60.7 Å². The lowest BCUT2D eigenvalue weighted by atomic mass is 9.98. The van der Waals surface area contributed by atoms with E-state index in [0.29, 0.717) is 24.6 Å². The van der Waals surface area contributed by atoms with Gasteiger partial charge in [0.15, 0.2) is 0 Å². The summed E-state index contributed by atoms with van der Waals surface area (Å²) in [7, 11) is -3.46. The average Bonchev–Trinajstić information content (AvgIpc) is 3.64. The fraction of sp³-hybridized carbons (Fsp3) is 0.259. The molecule has 38 heavy (non-hydrogen) atoms. The number of sulfonamides is 1. The van der Waals surface area contributed by atoms with Crippen molar-refractivity contribution in [2.75, 3.05) is 27.7 Å². The van der Waals surface area contributed by atoms with Crippen molar-refractivity contribution in [2.24, 2.45) is 0 Å². The SMILES string of the molecule is CS(=O)(=O)Nc1ccccc1-c1ccc(N2CC[C@@H](NC(=O)Nc3ccc(Cl)cc3F)C2=O)c(C2CC2)c1. The van der Waals surface area contributed by atoms with E-state index in [1.165, 1.54) is 12.1 Å². The number of carbonyl (C=O) groups is 2. The number of carbonyl (C=O) groups excluding carboxylic acids is 2. The van der Waals surface area contributed by atoms with Crippen molar-refractivity contribution in [1.82, 2.24) is 5.32 Å². The first-order valence-electron chi connectivity index (χ1n) is 12.1. The Morgan fingerprint density at radius 1 is 1.03 bits per heavy atom. The number of urea groups is 1. The van der Waals surface area contributed by atoms with Crippen molar-refractivity contribution >= 4 is 50.6 Å². The number of anilines is 3. The molecule has 198 valence electrons. The van der Waals surface area contributed by atoms with Crippen molar-refractivity contribution in [2.45, 2.75) is 31.2 Å². The number of hydrogen-bond acceptors (Lipinski definition) is 4. The van der Waals surface area contributed by atoms with Crippen LogP contribution in [-0.2, 0) is 14.8 Å². The molecule has 1 saturated heterocycles. The summed E-state index contributed by atoms with van der Waals surface area (Å²) in [4.78, 5) is 27.4. The van der Waals surface area contributed by atoms with Gasteiger partial charge in [0.05, 0.1) is 17.6 Å². The predicted octanol–water partition coefficient (Wildman–Crippen LogP) is 5.32. The maximum atomic E-state index is 14.0. The second kappa shape index (κ2) is 10.3. The van der Waals surface area contributed by atoms with Crippen LogP contribution in [0.25, 0.3) is 11.1 Å². The summed E-state index contributed by atoms with van der Waals surface area (Å²) in [5, 5.41) is 5.28. The van der Waals surface area contributed by atoms with Gasteiger partial charge in [-0.1, -0.05) is 35.9 Å². The Kier molecular flexibility index (Phi) is 7.02. The van der Waals surface area contributed by atoms with Gasteiger partial charge in [0.25, 0.3) is 0 Å². The summed E-state index contributed by atoms with van der Waals surface area (Å²) < 4.78 is 40.3. The van der Waals surface area contributed by atoms with Crippen LogP contribution < -0.4 is 20.3 Å². The molecule has 3 aromatic rings. The lowest BCUT2D eigenvalue weighted by Gasteiger charge is -2.22. The Morgan fingerprint density at radius 2 is 1.79 bits per heavy atom. The summed E-state index contributed by atoms with van der Waals surface area (Å²) >= 11 is 5.76. The minimum Gasteiger partial charge on any atom is -0.326 e. The highest BCUT2D eigenvalue weighted by atomic mass is 35.5. The Hall–Kier alpha value is -3.63. The molecule has 3 amide bonds. The Bertz CT molecular complexity index is 1530. The lowest BCUT2D eigenvalue weighted by Crippen LogP contribution is -2.43. The number of para-hydroxylation sites is 1. The van der Waals surface area contributed by atoms with E-state index in [9.17, 15) is 22.4 Å².